The molecule has 0 fully saturated rings. The van der Waals surface area contributed by atoms with E-state index in [0.29, 0.717) is 12.1 Å². The number of carbonyl (C=O) groups is 1. The standard InChI is InChI=1S/C24H21Cl2N3O3S/c25-20-8-11-22(26)23(16-20)33(31,32)29(15-13-18-4-2-1-3-5-18)17-24(30)28-21-9-6-19(7-10-21)12-14-27/h1-11,16H,12-13,15,17H2,(H,28,30). The predicted molar refractivity (Wildman–Crippen MR) is 130 cm³/mol. The second-order valence-corrected chi connectivity index (χ2v) is 9.98. The van der Waals surface area contributed by atoms with Crippen molar-refractivity contribution >= 4 is 44.8 Å². The monoisotopic (exact) mass is 501 g/mol. The molecule has 0 saturated heterocycles. The Labute approximate surface area is 203 Å². The Morgan fingerprint density at radius 2 is 1.67 bits per heavy atom. The first-order valence-electron chi connectivity index (χ1n) is 10.0. The van der Waals surface area contributed by atoms with E-state index in [2.05, 4.69) is 11.4 Å². The van der Waals surface area contributed by atoms with Gasteiger partial charge in [0, 0.05) is 17.3 Å². The number of hydrogen-bond donors (Lipinski definition) is 1. The van der Waals surface area contributed by atoms with Crippen LogP contribution in [-0.4, -0.2) is 31.7 Å². The van der Waals surface area contributed by atoms with E-state index in [-0.39, 0.29) is 27.9 Å². The van der Waals surface area contributed by atoms with Gasteiger partial charge in [0.05, 0.1) is 24.1 Å². The van der Waals surface area contributed by atoms with Crippen LogP contribution in [0.2, 0.25) is 10.0 Å². The number of hydrogen-bond acceptors (Lipinski definition) is 4. The van der Waals surface area contributed by atoms with Gasteiger partial charge in [-0.15, -0.1) is 0 Å². The minimum absolute atomic E-state index is 0.0256. The summed E-state index contributed by atoms with van der Waals surface area (Å²) in [6.45, 7) is -0.332. The van der Waals surface area contributed by atoms with Gasteiger partial charge >= 0.3 is 0 Å². The van der Waals surface area contributed by atoms with Crippen molar-refractivity contribution < 1.29 is 13.2 Å². The number of sulfonamides is 1. The fourth-order valence-corrected chi connectivity index (χ4v) is 5.29. The molecule has 0 spiro atoms. The normalized spacial score (nSPS) is 11.2. The molecule has 0 unspecified atom stereocenters. The zero-order valence-corrected chi connectivity index (χ0v) is 19.9. The highest BCUT2D eigenvalue weighted by molar-refractivity contribution is 7.89. The third-order valence-electron chi connectivity index (χ3n) is 4.84. The van der Waals surface area contributed by atoms with Crippen LogP contribution in [0.4, 0.5) is 5.69 Å². The average Bonchev–Trinajstić information content (AvgIpc) is 2.80. The Balaban J connectivity index is 1.82. The SMILES string of the molecule is N#CCc1ccc(NC(=O)CN(CCc2ccccc2)S(=O)(=O)c2cc(Cl)ccc2Cl)cc1. The summed E-state index contributed by atoms with van der Waals surface area (Å²) in [5.74, 6) is -0.502. The Kier molecular flexibility index (Phi) is 8.48. The highest BCUT2D eigenvalue weighted by Gasteiger charge is 2.29. The zero-order chi connectivity index (χ0) is 23.8. The maximum Gasteiger partial charge on any atom is 0.245 e. The van der Waals surface area contributed by atoms with Gasteiger partial charge in [-0.3, -0.25) is 4.79 Å². The average molecular weight is 502 g/mol. The van der Waals surface area contributed by atoms with E-state index in [9.17, 15) is 13.2 Å². The summed E-state index contributed by atoms with van der Waals surface area (Å²) in [5.41, 5.74) is 2.25. The molecule has 6 nitrogen and oxygen atoms in total. The molecule has 0 bridgehead atoms. The molecule has 3 rings (SSSR count). The van der Waals surface area contributed by atoms with Crippen LogP contribution in [0.3, 0.4) is 0 Å². The van der Waals surface area contributed by atoms with Gasteiger partial charge in [-0.05, 0) is 47.9 Å². The summed E-state index contributed by atoms with van der Waals surface area (Å²) in [4.78, 5) is 12.6. The van der Waals surface area contributed by atoms with E-state index in [1.807, 2.05) is 30.3 Å². The molecule has 170 valence electrons. The molecule has 0 aromatic heterocycles. The molecule has 1 N–H and O–H groups in total. The van der Waals surface area contributed by atoms with Crippen molar-refractivity contribution in [3.8, 4) is 6.07 Å². The summed E-state index contributed by atoms with van der Waals surface area (Å²) >= 11 is 12.2. The van der Waals surface area contributed by atoms with Crippen LogP contribution >= 0.6 is 23.2 Å². The molecule has 0 aliphatic carbocycles. The molecule has 0 aliphatic heterocycles. The lowest BCUT2D eigenvalue weighted by Gasteiger charge is -2.22. The topological polar surface area (TPSA) is 90.3 Å². The van der Waals surface area contributed by atoms with Crippen molar-refractivity contribution in [2.75, 3.05) is 18.4 Å². The molecule has 0 heterocycles. The summed E-state index contributed by atoms with van der Waals surface area (Å²) in [5, 5.41) is 11.7. The van der Waals surface area contributed by atoms with E-state index >= 15 is 0 Å². The third-order valence-corrected chi connectivity index (χ3v) is 7.41. The van der Waals surface area contributed by atoms with Crippen molar-refractivity contribution in [2.45, 2.75) is 17.7 Å². The minimum Gasteiger partial charge on any atom is -0.325 e. The highest BCUT2D eigenvalue weighted by atomic mass is 35.5. The molecule has 3 aromatic rings. The second kappa shape index (κ2) is 11.3. The first kappa shape index (κ1) is 24.7. The first-order valence-corrected chi connectivity index (χ1v) is 12.2. The number of nitrogens with one attached hydrogen (secondary N) is 1. The van der Waals surface area contributed by atoms with Crippen molar-refractivity contribution in [3.63, 3.8) is 0 Å². The third kappa shape index (κ3) is 6.80. The Hall–Kier alpha value is -2.89. The van der Waals surface area contributed by atoms with Crippen LogP contribution in [0.25, 0.3) is 0 Å². The molecule has 1 amide bonds. The lowest BCUT2D eigenvalue weighted by Crippen LogP contribution is -2.39. The van der Waals surface area contributed by atoms with Crippen LogP contribution in [0.5, 0.6) is 0 Å². The van der Waals surface area contributed by atoms with Gasteiger partial charge in [0.25, 0.3) is 0 Å². The van der Waals surface area contributed by atoms with Gasteiger partial charge in [0.2, 0.25) is 15.9 Å². The van der Waals surface area contributed by atoms with E-state index in [1.165, 1.54) is 18.2 Å². The van der Waals surface area contributed by atoms with Crippen LogP contribution < -0.4 is 5.32 Å². The molecule has 0 saturated carbocycles. The fraction of sp³-hybridized carbons (Fsp3) is 0.167. The fourth-order valence-electron chi connectivity index (χ4n) is 3.15. The molecular weight excluding hydrogens is 481 g/mol. The molecule has 9 heteroatoms. The van der Waals surface area contributed by atoms with Crippen LogP contribution in [0.15, 0.2) is 77.7 Å². The van der Waals surface area contributed by atoms with E-state index in [1.54, 1.807) is 24.3 Å². The number of benzene rings is 3. The van der Waals surface area contributed by atoms with E-state index in [0.717, 1.165) is 15.4 Å². The Bertz CT molecular complexity index is 1260. The van der Waals surface area contributed by atoms with Gasteiger partial charge < -0.3 is 5.32 Å². The number of carbonyl (C=O) groups excluding carboxylic acids is 1. The quantitative estimate of drug-likeness (QED) is 0.449. The van der Waals surface area contributed by atoms with Crippen LogP contribution in [-0.2, 0) is 27.7 Å². The predicted octanol–water partition coefficient (Wildman–Crippen LogP) is 4.93. The van der Waals surface area contributed by atoms with Crippen molar-refractivity contribution in [2.24, 2.45) is 0 Å². The minimum atomic E-state index is -4.11. The molecule has 0 radical (unpaired) electrons. The molecule has 0 aliphatic rings. The van der Waals surface area contributed by atoms with Gasteiger partial charge in [-0.2, -0.15) is 9.57 Å². The molecular formula is C24H21Cl2N3O3S. The number of amides is 1. The van der Waals surface area contributed by atoms with E-state index in [4.69, 9.17) is 28.5 Å². The zero-order valence-electron chi connectivity index (χ0n) is 17.5. The van der Waals surface area contributed by atoms with Crippen LogP contribution in [0, 0.1) is 11.3 Å². The van der Waals surface area contributed by atoms with Crippen molar-refractivity contribution in [1.29, 1.82) is 5.26 Å². The molecule has 33 heavy (non-hydrogen) atoms. The maximum atomic E-state index is 13.4. The summed E-state index contributed by atoms with van der Waals surface area (Å²) in [7, 11) is -4.11. The van der Waals surface area contributed by atoms with Crippen LogP contribution in [0.1, 0.15) is 11.1 Å². The largest absolute Gasteiger partial charge is 0.325 e. The van der Waals surface area contributed by atoms with E-state index < -0.39 is 22.5 Å². The number of halogens is 2. The van der Waals surface area contributed by atoms with Gasteiger partial charge in [-0.25, -0.2) is 8.42 Å². The Morgan fingerprint density at radius 3 is 2.33 bits per heavy atom. The van der Waals surface area contributed by atoms with Crippen molar-refractivity contribution in [3.05, 3.63) is 94.0 Å². The molecule has 0 atom stereocenters. The lowest BCUT2D eigenvalue weighted by molar-refractivity contribution is -0.116. The summed E-state index contributed by atoms with van der Waals surface area (Å²) in [6.07, 6.45) is 0.675. The van der Waals surface area contributed by atoms with Gasteiger partial charge in [0.15, 0.2) is 0 Å². The number of nitrogens with zero attached hydrogens (tertiary/aromatic N) is 2. The first-order chi connectivity index (χ1) is 15.8. The summed E-state index contributed by atoms with van der Waals surface area (Å²) in [6, 6.07) is 22.4. The smallest absolute Gasteiger partial charge is 0.245 e. The Morgan fingerprint density at radius 1 is 0.970 bits per heavy atom. The lowest BCUT2D eigenvalue weighted by atomic mass is 10.1. The number of nitriles is 1. The van der Waals surface area contributed by atoms with Gasteiger partial charge in [-0.1, -0.05) is 65.7 Å². The maximum absolute atomic E-state index is 13.4. The van der Waals surface area contributed by atoms with Gasteiger partial charge in [0.1, 0.15) is 4.90 Å². The number of rotatable bonds is 9. The summed E-state index contributed by atoms with van der Waals surface area (Å²) < 4.78 is 27.9. The number of anilines is 1. The second-order valence-electron chi connectivity index (χ2n) is 7.23. The molecule has 3 aromatic carbocycles. The van der Waals surface area contributed by atoms with Crippen molar-refractivity contribution in [1.82, 2.24) is 4.31 Å². The highest BCUT2D eigenvalue weighted by Crippen LogP contribution is 2.28.